The molecule has 2 rings (SSSR count). The van der Waals surface area contributed by atoms with Gasteiger partial charge in [-0.15, -0.1) is 0 Å². The van der Waals surface area contributed by atoms with Gasteiger partial charge in [-0.2, -0.15) is 0 Å². The Hall–Kier alpha value is -0.340. The zero-order valence-corrected chi connectivity index (χ0v) is 11.0. The van der Waals surface area contributed by atoms with E-state index >= 15 is 0 Å². The minimum atomic E-state index is 0.748. The molecule has 1 heterocycles. The molecule has 15 heavy (non-hydrogen) atoms. The summed E-state index contributed by atoms with van der Waals surface area (Å²) in [6.45, 7) is 6.82. The molecule has 2 heteroatoms. The van der Waals surface area contributed by atoms with E-state index in [1.165, 1.54) is 35.0 Å². The van der Waals surface area contributed by atoms with Crippen LogP contribution in [0.4, 0.5) is 0 Å². The fraction of sp³-hybridized carbons (Fsp3) is 0.538. The summed E-state index contributed by atoms with van der Waals surface area (Å²) in [6.07, 6.45) is 2.70. The lowest BCUT2D eigenvalue weighted by molar-refractivity contribution is 0.260. The molecule has 1 aliphatic rings. The molecule has 1 fully saturated rings. The highest BCUT2D eigenvalue weighted by atomic mass is 79.9. The van der Waals surface area contributed by atoms with Crippen molar-refractivity contribution < 1.29 is 0 Å². The maximum Gasteiger partial charge on any atom is 0.0249 e. The van der Waals surface area contributed by atoms with Crippen molar-refractivity contribution in [1.29, 1.82) is 0 Å². The van der Waals surface area contributed by atoms with Crippen molar-refractivity contribution in [2.45, 2.75) is 39.3 Å². The Labute approximate surface area is 101 Å². The third-order valence-corrected chi connectivity index (χ3v) is 4.47. The van der Waals surface area contributed by atoms with Crippen molar-refractivity contribution in [2.75, 3.05) is 6.54 Å². The van der Waals surface area contributed by atoms with Crippen LogP contribution in [0.15, 0.2) is 22.7 Å². The van der Waals surface area contributed by atoms with Crippen LogP contribution in [0.1, 0.15) is 30.9 Å². The highest BCUT2D eigenvalue weighted by Crippen LogP contribution is 2.25. The van der Waals surface area contributed by atoms with Crippen molar-refractivity contribution >= 4 is 15.9 Å². The SMILES string of the molecule is Cc1cccc(CN2CCC[C@@H]2C)c1Br. The smallest absolute Gasteiger partial charge is 0.0249 e. The lowest BCUT2D eigenvalue weighted by Gasteiger charge is -2.22. The maximum absolute atomic E-state index is 3.68. The predicted molar refractivity (Wildman–Crippen MR) is 68.0 cm³/mol. The van der Waals surface area contributed by atoms with Gasteiger partial charge in [0.15, 0.2) is 0 Å². The first kappa shape index (κ1) is 11.2. The highest BCUT2D eigenvalue weighted by Gasteiger charge is 2.20. The van der Waals surface area contributed by atoms with Crippen molar-refractivity contribution in [3.63, 3.8) is 0 Å². The van der Waals surface area contributed by atoms with Gasteiger partial charge in [-0.1, -0.05) is 34.1 Å². The summed E-state index contributed by atoms with van der Waals surface area (Å²) in [6, 6.07) is 7.27. The van der Waals surface area contributed by atoms with E-state index < -0.39 is 0 Å². The van der Waals surface area contributed by atoms with E-state index in [0.29, 0.717) is 0 Å². The standard InChI is InChI=1S/C13H18BrN/c1-10-5-3-7-12(13(10)14)9-15-8-4-6-11(15)2/h3,5,7,11H,4,6,8-9H2,1-2H3/t11-/m0/s1. The molecule has 0 unspecified atom stereocenters. The topological polar surface area (TPSA) is 3.24 Å². The molecule has 1 nitrogen and oxygen atoms in total. The molecule has 0 saturated carbocycles. The van der Waals surface area contributed by atoms with Gasteiger partial charge in [0, 0.05) is 17.1 Å². The molecule has 0 spiro atoms. The summed E-state index contributed by atoms with van der Waals surface area (Å²) in [5.74, 6) is 0. The molecule has 1 aliphatic heterocycles. The number of likely N-dealkylation sites (tertiary alicyclic amines) is 1. The average Bonchev–Trinajstić information content (AvgIpc) is 2.60. The van der Waals surface area contributed by atoms with Gasteiger partial charge in [-0.25, -0.2) is 0 Å². The van der Waals surface area contributed by atoms with Gasteiger partial charge in [-0.3, -0.25) is 4.90 Å². The fourth-order valence-electron chi connectivity index (χ4n) is 2.28. The average molecular weight is 268 g/mol. The summed E-state index contributed by atoms with van der Waals surface area (Å²) in [4.78, 5) is 2.57. The number of nitrogens with zero attached hydrogens (tertiary/aromatic N) is 1. The van der Waals surface area contributed by atoms with E-state index in [1.54, 1.807) is 0 Å². The van der Waals surface area contributed by atoms with E-state index in [9.17, 15) is 0 Å². The lowest BCUT2D eigenvalue weighted by Crippen LogP contribution is -2.26. The number of aryl methyl sites for hydroxylation is 1. The Morgan fingerprint density at radius 1 is 1.47 bits per heavy atom. The Kier molecular flexibility index (Phi) is 3.47. The van der Waals surface area contributed by atoms with Crippen LogP contribution in [0.2, 0.25) is 0 Å². The lowest BCUT2D eigenvalue weighted by atomic mass is 10.1. The van der Waals surface area contributed by atoms with Crippen LogP contribution >= 0.6 is 15.9 Å². The number of benzene rings is 1. The monoisotopic (exact) mass is 267 g/mol. The molecule has 0 aliphatic carbocycles. The second-order valence-corrected chi connectivity index (χ2v) is 5.30. The Balaban J connectivity index is 2.13. The Bertz CT molecular complexity index is 348. The third-order valence-electron chi connectivity index (χ3n) is 3.34. The van der Waals surface area contributed by atoms with E-state index in [4.69, 9.17) is 0 Å². The van der Waals surface area contributed by atoms with Gasteiger partial charge >= 0.3 is 0 Å². The predicted octanol–water partition coefficient (Wildman–Crippen LogP) is 3.74. The molecule has 0 amide bonds. The summed E-state index contributed by atoms with van der Waals surface area (Å²) >= 11 is 3.68. The molecule has 1 saturated heterocycles. The van der Waals surface area contributed by atoms with Crippen LogP contribution in [-0.4, -0.2) is 17.5 Å². The fourth-order valence-corrected chi connectivity index (χ4v) is 2.67. The number of halogens is 1. The molecule has 1 aromatic rings. The van der Waals surface area contributed by atoms with Crippen LogP contribution in [0, 0.1) is 6.92 Å². The van der Waals surface area contributed by atoms with Gasteiger partial charge in [-0.05, 0) is 44.4 Å². The van der Waals surface area contributed by atoms with Crippen molar-refractivity contribution in [2.24, 2.45) is 0 Å². The van der Waals surface area contributed by atoms with Crippen LogP contribution < -0.4 is 0 Å². The van der Waals surface area contributed by atoms with E-state index in [0.717, 1.165) is 12.6 Å². The number of hydrogen-bond donors (Lipinski definition) is 0. The van der Waals surface area contributed by atoms with Crippen molar-refractivity contribution in [3.05, 3.63) is 33.8 Å². The van der Waals surface area contributed by atoms with Crippen molar-refractivity contribution in [1.82, 2.24) is 4.90 Å². The number of hydrogen-bond acceptors (Lipinski definition) is 1. The molecule has 0 bridgehead atoms. The van der Waals surface area contributed by atoms with E-state index in [2.05, 4.69) is 52.9 Å². The molecule has 82 valence electrons. The minimum absolute atomic E-state index is 0.748. The molecule has 0 N–H and O–H groups in total. The summed E-state index contributed by atoms with van der Waals surface area (Å²) in [5, 5.41) is 0. The third kappa shape index (κ3) is 2.43. The van der Waals surface area contributed by atoms with E-state index in [-0.39, 0.29) is 0 Å². The zero-order chi connectivity index (χ0) is 10.8. The van der Waals surface area contributed by atoms with Gasteiger partial charge in [0.2, 0.25) is 0 Å². The second-order valence-electron chi connectivity index (χ2n) is 4.51. The Morgan fingerprint density at radius 2 is 2.27 bits per heavy atom. The molecule has 1 atom stereocenters. The first-order valence-corrected chi connectivity index (χ1v) is 6.46. The summed E-state index contributed by atoms with van der Waals surface area (Å²) in [5.41, 5.74) is 2.75. The van der Waals surface area contributed by atoms with Gasteiger partial charge in [0.05, 0.1) is 0 Å². The van der Waals surface area contributed by atoms with Crippen LogP contribution in [0.25, 0.3) is 0 Å². The summed E-state index contributed by atoms with van der Waals surface area (Å²) in [7, 11) is 0. The molecular weight excluding hydrogens is 250 g/mol. The normalized spacial score (nSPS) is 22.2. The van der Waals surface area contributed by atoms with Crippen molar-refractivity contribution in [3.8, 4) is 0 Å². The van der Waals surface area contributed by atoms with E-state index in [1.807, 2.05) is 0 Å². The van der Waals surface area contributed by atoms with Crippen LogP contribution in [-0.2, 0) is 6.54 Å². The Morgan fingerprint density at radius 3 is 2.93 bits per heavy atom. The van der Waals surface area contributed by atoms with Crippen LogP contribution in [0.3, 0.4) is 0 Å². The summed E-state index contributed by atoms with van der Waals surface area (Å²) < 4.78 is 1.28. The van der Waals surface area contributed by atoms with Gasteiger partial charge < -0.3 is 0 Å². The van der Waals surface area contributed by atoms with Crippen LogP contribution in [0.5, 0.6) is 0 Å². The first-order valence-electron chi connectivity index (χ1n) is 5.66. The largest absolute Gasteiger partial charge is 0.296 e. The molecule has 1 aromatic carbocycles. The number of rotatable bonds is 2. The molecular formula is C13H18BrN. The first-order chi connectivity index (χ1) is 7.18. The second kappa shape index (κ2) is 4.67. The maximum atomic E-state index is 3.68. The zero-order valence-electron chi connectivity index (χ0n) is 9.46. The highest BCUT2D eigenvalue weighted by molar-refractivity contribution is 9.10. The molecule has 0 aromatic heterocycles. The van der Waals surface area contributed by atoms with Gasteiger partial charge in [0.1, 0.15) is 0 Å². The van der Waals surface area contributed by atoms with Gasteiger partial charge in [0.25, 0.3) is 0 Å². The minimum Gasteiger partial charge on any atom is -0.296 e. The molecule has 0 radical (unpaired) electrons. The quantitative estimate of drug-likeness (QED) is 0.789.